The summed E-state index contributed by atoms with van der Waals surface area (Å²) in [5, 5.41) is 13.8. The summed E-state index contributed by atoms with van der Waals surface area (Å²) in [6, 6.07) is 17.5. The minimum absolute atomic E-state index is 0.0255. The lowest BCUT2D eigenvalue weighted by atomic mass is 9.97. The standard InChI is InChI=1S/C37H42F2N6O5/c1-5-49-33(46)17-20-45(32-8-6-7-19-41-32)35(47)28-12-11-26-10-9-25(4)31(43-30(26)22-28)23-42-29-15-13-27(14-16-29)34(40)44-36(48)50-21-18-37(38,39)24(2)3/h6-8,11-16,19,22,25,42H,2,5,9-10,17-18,20-21,23H2,1,3-4H3,(H2,40,44,48). The van der Waals surface area contributed by atoms with Gasteiger partial charge in [0.1, 0.15) is 11.7 Å². The third-order valence-electron chi connectivity index (χ3n) is 8.18. The summed E-state index contributed by atoms with van der Waals surface area (Å²) in [6.07, 6.45) is 1.57. The Morgan fingerprint density at radius 2 is 1.82 bits per heavy atom. The highest BCUT2D eigenvalue weighted by Gasteiger charge is 2.30. The van der Waals surface area contributed by atoms with Gasteiger partial charge in [-0.25, -0.2) is 18.6 Å². The highest BCUT2D eigenvalue weighted by atomic mass is 19.3. The van der Waals surface area contributed by atoms with Crippen LogP contribution in [0.3, 0.4) is 0 Å². The van der Waals surface area contributed by atoms with Crippen LogP contribution in [0.15, 0.2) is 84.0 Å². The number of aromatic nitrogens is 1. The molecule has 3 N–H and O–H groups in total. The van der Waals surface area contributed by atoms with Gasteiger partial charge in [0.15, 0.2) is 0 Å². The molecule has 0 spiro atoms. The first-order chi connectivity index (χ1) is 23.9. The van der Waals surface area contributed by atoms with Gasteiger partial charge in [-0.15, -0.1) is 0 Å². The van der Waals surface area contributed by atoms with Crippen molar-refractivity contribution in [3.63, 3.8) is 0 Å². The lowest BCUT2D eigenvalue weighted by Crippen LogP contribution is -2.34. The van der Waals surface area contributed by atoms with Crippen molar-refractivity contribution in [2.75, 3.05) is 36.5 Å². The van der Waals surface area contributed by atoms with Crippen LogP contribution in [0.25, 0.3) is 0 Å². The minimum Gasteiger partial charge on any atom is -0.466 e. The number of halogens is 2. The van der Waals surface area contributed by atoms with E-state index in [0.29, 0.717) is 29.2 Å². The Morgan fingerprint density at radius 1 is 1.08 bits per heavy atom. The van der Waals surface area contributed by atoms with E-state index in [0.717, 1.165) is 29.8 Å². The van der Waals surface area contributed by atoms with Crippen LogP contribution in [0.2, 0.25) is 0 Å². The van der Waals surface area contributed by atoms with Gasteiger partial charge >= 0.3 is 12.1 Å². The van der Waals surface area contributed by atoms with Crippen molar-refractivity contribution in [3.8, 4) is 0 Å². The van der Waals surface area contributed by atoms with Gasteiger partial charge in [-0.3, -0.25) is 30.2 Å². The topological polar surface area (TPSA) is 146 Å². The second-order valence-corrected chi connectivity index (χ2v) is 11.9. The zero-order chi connectivity index (χ0) is 36.3. The second-order valence-electron chi connectivity index (χ2n) is 11.9. The highest BCUT2D eigenvalue weighted by Crippen LogP contribution is 2.30. The van der Waals surface area contributed by atoms with Crippen molar-refractivity contribution in [1.82, 2.24) is 10.3 Å². The van der Waals surface area contributed by atoms with Crippen LogP contribution in [-0.2, 0) is 20.7 Å². The molecule has 1 atom stereocenters. The van der Waals surface area contributed by atoms with E-state index in [9.17, 15) is 23.2 Å². The summed E-state index contributed by atoms with van der Waals surface area (Å²) < 4.78 is 37.1. The fourth-order valence-corrected chi connectivity index (χ4v) is 5.10. The Hall–Kier alpha value is -5.46. The van der Waals surface area contributed by atoms with Crippen LogP contribution < -0.4 is 15.5 Å². The van der Waals surface area contributed by atoms with Crippen molar-refractivity contribution in [3.05, 3.63) is 95.7 Å². The van der Waals surface area contributed by atoms with E-state index in [1.165, 1.54) is 11.8 Å². The van der Waals surface area contributed by atoms with E-state index in [-0.39, 0.29) is 42.8 Å². The number of pyridine rings is 1. The van der Waals surface area contributed by atoms with E-state index in [1.54, 1.807) is 67.7 Å². The highest BCUT2D eigenvalue weighted by molar-refractivity contribution is 6.07. The van der Waals surface area contributed by atoms with Crippen LogP contribution in [0, 0.1) is 11.3 Å². The number of hydrogen-bond donors (Lipinski definition) is 3. The lowest BCUT2D eigenvalue weighted by molar-refractivity contribution is -0.142. The third kappa shape index (κ3) is 10.3. The van der Waals surface area contributed by atoms with E-state index in [1.807, 2.05) is 6.07 Å². The van der Waals surface area contributed by atoms with Crippen LogP contribution >= 0.6 is 0 Å². The summed E-state index contributed by atoms with van der Waals surface area (Å²) >= 11 is 0. The van der Waals surface area contributed by atoms with E-state index < -0.39 is 31.0 Å². The average molecular weight is 689 g/mol. The molecule has 0 aliphatic carbocycles. The van der Waals surface area contributed by atoms with Gasteiger partial charge in [0.05, 0.1) is 31.9 Å². The van der Waals surface area contributed by atoms with Crippen molar-refractivity contribution in [1.29, 1.82) is 5.41 Å². The van der Waals surface area contributed by atoms with E-state index >= 15 is 0 Å². The maximum absolute atomic E-state index is 13.8. The minimum atomic E-state index is -3.14. The first-order valence-electron chi connectivity index (χ1n) is 16.4. The summed E-state index contributed by atoms with van der Waals surface area (Å²) in [7, 11) is 0. The number of esters is 1. The number of fused-ring (bicyclic) bond motifs is 1. The summed E-state index contributed by atoms with van der Waals surface area (Å²) in [4.78, 5) is 48.7. The number of rotatable bonds is 14. The number of hydrogen-bond acceptors (Lipinski definition) is 9. The zero-order valence-corrected chi connectivity index (χ0v) is 28.4. The maximum Gasteiger partial charge on any atom is 0.412 e. The molecule has 3 aromatic rings. The number of allylic oxidation sites excluding steroid dienone is 1. The average Bonchev–Trinajstić information content (AvgIpc) is 3.25. The van der Waals surface area contributed by atoms with Gasteiger partial charge in [-0.1, -0.05) is 25.6 Å². The van der Waals surface area contributed by atoms with Crippen LogP contribution in [0.4, 0.5) is 30.8 Å². The number of anilines is 2. The Bertz CT molecular complexity index is 1730. The molecule has 50 heavy (non-hydrogen) atoms. The first-order valence-corrected chi connectivity index (χ1v) is 16.4. The molecule has 0 radical (unpaired) electrons. The molecule has 0 bridgehead atoms. The molecule has 2 amide bonds. The molecule has 2 aromatic carbocycles. The number of ether oxygens (including phenoxy) is 2. The summed E-state index contributed by atoms with van der Waals surface area (Å²) in [6.45, 7) is 8.54. The number of amidine groups is 1. The molecule has 13 heteroatoms. The SMILES string of the molecule is C=C(C)C(F)(F)CCOC(=O)NC(=N)c1ccc(NCC2=Nc3cc(C(=O)N(CCC(=O)OCC)c4ccccn4)ccc3CCC2C)cc1. The first kappa shape index (κ1) is 37.4. The van der Waals surface area contributed by atoms with E-state index in [2.05, 4.69) is 29.1 Å². The number of benzene rings is 2. The molecule has 2 heterocycles. The molecular weight excluding hydrogens is 646 g/mol. The number of alkyl halides is 2. The Kier molecular flexibility index (Phi) is 12.9. The molecule has 1 aromatic heterocycles. The van der Waals surface area contributed by atoms with Crippen molar-refractivity contribution >= 4 is 46.7 Å². The number of aryl methyl sites for hydroxylation is 1. The molecular formula is C37H42F2N6O5. The number of aliphatic imine (C=N–C) groups is 1. The molecule has 11 nitrogen and oxygen atoms in total. The molecule has 4 rings (SSSR count). The van der Waals surface area contributed by atoms with Crippen LogP contribution in [0.5, 0.6) is 0 Å². The smallest absolute Gasteiger partial charge is 0.412 e. The van der Waals surface area contributed by atoms with Crippen molar-refractivity contribution in [2.24, 2.45) is 10.9 Å². The van der Waals surface area contributed by atoms with Crippen LogP contribution in [0.1, 0.15) is 61.5 Å². The number of amides is 2. The molecule has 1 aliphatic heterocycles. The normalized spacial score (nSPS) is 13.9. The molecule has 0 fully saturated rings. The number of nitrogens with zero attached hydrogens (tertiary/aromatic N) is 3. The zero-order valence-electron chi connectivity index (χ0n) is 28.4. The number of carbonyl (C=O) groups is 3. The van der Waals surface area contributed by atoms with Crippen LogP contribution in [-0.4, -0.2) is 66.7 Å². The van der Waals surface area contributed by atoms with Gasteiger partial charge < -0.3 is 14.8 Å². The summed E-state index contributed by atoms with van der Waals surface area (Å²) in [5.74, 6) is -3.50. The quantitative estimate of drug-likeness (QED) is 0.0709. The molecule has 1 unspecified atom stereocenters. The maximum atomic E-state index is 13.8. The largest absolute Gasteiger partial charge is 0.466 e. The fraction of sp³-hybridized carbons (Fsp3) is 0.351. The predicted octanol–water partition coefficient (Wildman–Crippen LogP) is 7.10. The van der Waals surface area contributed by atoms with Gasteiger partial charge in [0.25, 0.3) is 11.8 Å². The monoisotopic (exact) mass is 688 g/mol. The van der Waals surface area contributed by atoms with Gasteiger partial charge in [0.2, 0.25) is 0 Å². The van der Waals surface area contributed by atoms with Gasteiger partial charge in [-0.05, 0) is 92.3 Å². The van der Waals surface area contributed by atoms with Crippen molar-refractivity contribution < 1.29 is 32.6 Å². The van der Waals surface area contributed by atoms with E-state index in [4.69, 9.17) is 19.9 Å². The van der Waals surface area contributed by atoms with Crippen molar-refractivity contribution in [2.45, 2.75) is 52.4 Å². The number of carbonyl (C=O) groups excluding carboxylic acids is 3. The summed E-state index contributed by atoms with van der Waals surface area (Å²) in [5.41, 5.74) is 3.88. The molecule has 0 saturated heterocycles. The third-order valence-corrected chi connectivity index (χ3v) is 8.18. The lowest BCUT2D eigenvalue weighted by Gasteiger charge is -2.22. The predicted molar refractivity (Wildman–Crippen MR) is 189 cm³/mol. The molecule has 1 aliphatic rings. The Labute approximate surface area is 290 Å². The second kappa shape index (κ2) is 17.3. The number of nitrogens with one attached hydrogen (secondary N) is 3. The van der Waals surface area contributed by atoms with Gasteiger partial charge in [0, 0.05) is 41.7 Å². The van der Waals surface area contributed by atoms with Gasteiger partial charge in [-0.2, -0.15) is 0 Å². The fourth-order valence-electron chi connectivity index (χ4n) is 5.10. The Balaban J connectivity index is 1.41. The molecule has 264 valence electrons. The number of alkyl carbamates (subject to hydrolysis) is 1. The Morgan fingerprint density at radius 3 is 2.50 bits per heavy atom. The molecule has 0 saturated carbocycles.